The predicted molar refractivity (Wildman–Crippen MR) is 94.4 cm³/mol. The van der Waals surface area contributed by atoms with Crippen molar-refractivity contribution in [1.82, 2.24) is 15.2 Å². The maximum Gasteiger partial charge on any atom is 0.232 e. The Morgan fingerprint density at radius 3 is 2.88 bits per heavy atom. The number of nitrogens with one attached hydrogen (secondary N) is 1. The molecule has 25 heavy (non-hydrogen) atoms. The Kier molecular flexibility index (Phi) is 4.48. The van der Waals surface area contributed by atoms with Crippen molar-refractivity contribution in [1.29, 1.82) is 0 Å². The van der Waals surface area contributed by atoms with Gasteiger partial charge >= 0.3 is 0 Å². The number of methoxy groups -OCH3 is 1. The fourth-order valence-corrected chi connectivity index (χ4v) is 4.12. The lowest BCUT2D eigenvalue weighted by Crippen LogP contribution is -2.50. The van der Waals surface area contributed by atoms with Gasteiger partial charge in [0.15, 0.2) is 11.5 Å². The number of carbonyl (C=O) groups is 1. The summed E-state index contributed by atoms with van der Waals surface area (Å²) >= 11 is 0. The van der Waals surface area contributed by atoms with E-state index in [0.717, 1.165) is 55.9 Å². The first-order valence-corrected chi connectivity index (χ1v) is 9.06. The zero-order valence-corrected chi connectivity index (χ0v) is 14.7. The number of oxazole rings is 1. The van der Waals surface area contributed by atoms with E-state index in [1.54, 1.807) is 7.11 Å². The van der Waals surface area contributed by atoms with Crippen LogP contribution in [0.15, 0.2) is 28.7 Å². The van der Waals surface area contributed by atoms with Crippen molar-refractivity contribution in [3.05, 3.63) is 30.2 Å². The molecule has 0 spiro atoms. The second-order valence-electron chi connectivity index (χ2n) is 7.23. The summed E-state index contributed by atoms with van der Waals surface area (Å²) in [5.74, 6) is 1.33. The van der Waals surface area contributed by atoms with E-state index >= 15 is 0 Å². The number of hydrogen-bond donors (Lipinski definition) is 1. The second-order valence-corrected chi connectivity index (χ2v) is 7.23. The average molecular weight is 343 g/mol. The number of fused-ring (bicyclic) bond motifs is 1. The molecule has 1 unspecified atom stereocenters. The Labute approximate surface area is 147 Å². The van der Waals surface area contributed by atoms with E-state index in [9.17, 15) is 4.79 Å². The summed E-state index contributed by atoms with van der Waals surface area (Å²) in [6, 6.07) is 7.86. The van der Waals surface area contributed by atoms with E-state index in [2.05, 4.69) is 10.3 Å². The van der Waals surface area contributed by atoms with Gasteiger partial charge < -0.3 is 19.4 Å². The van der Waals surface area contributed by atoms with E-state index in [1.165, 1.54) is 0 Å². The molecule has 1 atom stereocenters. The second kappa shape index (κ2) is 6.77. The smallest absolute Gasteiger partial charge is 0.232 e. The number of carbonyl (C=O) groups excluding carboxylic acids is 1. The topological polar surface area (TPSA) is 67.6 Å². The molecule has 1 N–H and O–H groups in total. The summed E-state index contributed by atoms with van der Waals surface area (Å²) in [5.41, 5.74) is 1.36. The lowest BCUT2D eigenvalue weighted by atomic mass is 9.85. The molecule has 1 aromatic carbocycles. The molecule has 2 aliphatic rings. The molecule has 1 amide bonds. The molecule has 0 aliphatic carbocycles. The Hall–Kier alpha value is -1.92. The molecular formula is C19H25N3O3. The third-order valence-corrected chi connectivity index (χ3v) is 5.56. The number of benzene rings is 1. The average Bonchev–Trinajstić information content (AvgIpc) is 3.29. The van der Waals surface area contributed by atoms with Crippen LogP contribution in [0.2, 0.25) is 0 Å². The van der Waals surface area contributed by atoms with Gasteiger partial charge in [0.05, 0.1) is 12.0 Å². The van der Waals surface area contributed by atoms with Gasteiger partial charge in [-0.25, -0.2) is 4.98 Å². The van der Waals surface area contributed by atoms with Crippen LogP contribution in [0.4, 0.5) is 0 Å². The van der Waals surface area contributed by atoms with Crippen molar-refractivity contribution in [2.24, 2.45) is 5.41 Å². The van der Waals surface area contributed by atoms with Crippen molar-refractivity contribution >= 4 is 17.0 Å². The SMILES string of the molecule is COCC1(C(=O)N2CCC(c3nc4ccccc4o3)CC2)CCNC1. The number of aromatic nitrogens is 1. The van der Waals surface area contributed by atoms with Crippen LogP contribution in [-0.4, -0.2) is 55.7 Å². The molecule has 2 aromatic rings. The molecule has 0 bridgehead atoms. The summed E-state index contributed by atoms with van der Waals surface area (Å²) in [6.45, 7) is 3.60. The highest BCUT2D eigenvalue weighted by molar-refractivity contribution is 5.83. The van der Waals surface area contributed by atoms with Crippen LogP contribution in [0.25, 0.3) is 11.1 Å². The van der Waals surface area contributed by atoms with Crippen molar-refractivity contribution in [2.45, 2.75) is 25.2 Å². The van der Waals surface area contributed by atoms with Crippen molar-refractivity contribution in [3.63, 3.8) is 0 Å². The molecule has 1 aromatic heterocycles. The Morgan fingerprint density at radius 1 is 1.40 bits per heavy atom. The molecule has 2 aliphatic heterocycles. The summed E-state index contributed by atoms with van der Waals surface area (Å²) in [4.78, 5) is 19.7. The number of rotatable bonds is 4. The Bertz CT molecular complexity index is 710. The van der Waals surface area contributed by atoms with Crippen molar-refractivity contribution in [2.75, 3.05) is 39.9 Å². The summed E-state index contributed by atoms with van der Waals surface area (Å²) in [7, 11) is 1.67. The number of piperidine rings is 1. The van der Waals surface area contributed by atoms with Gasteiger partial charge in [0, 0.05) is 32.7 Å². The van der Waals surface area contributed by atoms with E-state index in [1.807, 2.05) is 29.2 Å². The zero-order chi connectivity index (χ0) is 17.3. The molecule has 6 nitrogen and oxygen atoms in total. The van der Waals surface area contributed by atoms with Crippen molar-refractivity contribution in [3.8, 4) is 0 Å². The fraction of sp³-hybridized carbons (Fsp3) is 0.579. The highest BCUT2D eigenvalue weighted by Gasteiger charge is 2.44. The van der Waals surface area contributed by atoms with E-state index in [4.69, 9.17) is 9.15 Å². The number of amides is 1. The van der Waals surface area contributed by atoms with Crippen LogP contribution >= 0.6 is 0 Å². The van der Waals surface area contributed by atoms with Gasteiger partial charge in [-0.1, -0.05) is 12.1 Å². The quantitative estimate of drug-likeness (QED) is 0.921. The Balaban J connectivity index is 1.43. The van der Waals surface area contributed by atoms with Gasteiger partial charge in [-0.15, -0.1) is 0 Å². The van der Waals surface area contributed by atoms with Gasteiger partial charge in [-0.2, -0.15) is 0 Å². The summed E-state index contributed by atoms with van der Waals surface area (Å²) < 4.78 is 11.3. The highest BCUT2D eigenvalue weighted by atomic mass is 16.5. The fourth-order valence-electron chi connectivity index (χ4n) is 4.12. The van der Waals surface area contributed by atoms with Gasteiger partial charge in [0.2, 0.25) is 5.91 Å². The van der Waals surface area contributed by atoms with Crippen LogP contribution in [0.1, 0.15) is 31.1 Å². The van der Waals surface area contributed by atoms with Crippen LogP contribution in [0, 0.1) is 5.41 Å². The molecule has 2 saturated heterocycles. The molecule has 4 rings (SSSR count). The number of ether oxygens (including phenoxy) is 1. The summed E-state index contributed by atoms with van der Waals surface area (Å²) in [5, 5.41) is 3.31. The number of nitrogens with zero attached hydrogens (tertiary/aromatic N) is 2. The minimum absolute atomic E-state index is 0.232. The van der Waals surface area contributed by atoms with Crippen LogP contribution in [-0.2, 0) is 9.53 Å². The maximum atomic E-state index is 13.1. The van der Waals surface area contributed by atoms with E-state index < -0.39 is 0 Å². The lowest BCUT2D eigenvalue weighted by Gasteiger charge is -2.37. The molecule has 134 valence electrons. The highest BCUT2D eigenvalue weighted by Crippen LogP contribution is 2.34. The van der Waals surface area contributed by atoms with Crippen LogP contribution < -0.4 is 5.32 Å². The number of para-hydroxylation sites is 2. The lowest BCUT2D eigenvalue weighted by molar-refractivity contribution is -0.145. The third-order valence-electron chi connectivity index (χ3n) is 5.56. The minimum Gasteiger partial charge on any atom is -0.440 e. The first-order valence-electron chi connectivity index (χ1n) is 9.06. The molecule has 0 radical (unpaired) electrons. The predicted octanol–water partition coefficient (Wildman–Crippen LogP) is 2.16. The van der Waals surface area contributed by atoms with Gasteiger partial charge in [0.1, 0.15) is 5.52 Å². The normalized spacial score (nSPS) is 24.9. The molecular weight excluding hydrogens is 318 g/mol. The van der Waals surface area contributed by atoms with Gasteiger partial charge in [-0.3, -0.25) is 4.79 Å². The monoisotopic (exact) mass is 343 g/mol. The maximum absolute atomic E-state index is 13.1. The molecule has 2 fully saturated rings. The van der Waals surface area contributed by atoms with Gasteiger partial charge in [-0.05, 0) is 37.9 Å². The molecule has 6 heteroatoms. The summed E-state index contributed by atoms with van der Waals surface area (Å²) in [6.07, 6.45) is 2.65. The third kappa shape index (κ3) is 3.04. The van der Waals surface area contributed by atoms with E-state index in [0.29, 0.717) is 13.2 Å². The standard InChI is InChI=1S/C19H25N3O3/c1-24-13-19(8-9-20-12-19)18(23)22-10-6-14(7-11-22)17-21-15-4-2-3-5-16(15)25-17/h2-5,14,20H,6-13H2,1H3. The zero-order valence-electron chi connectivity index (χ0n) is 14.7. The van der Waals surface area contributed by atoms with Crippen LogP contribution in [0.5, 0.6) is 0 Å². The first kappa shape index (κ1) is 16.5. The van der Waals surface area contributed by atoms with Gasteiger partial charge in [0.25, 0.3) is 0 Å². The number of likely N-dealkylation sites (tertiary alicyclic amines) is 1. The Morgan fingerprint density at radius 2 is 2.20 bits per heavy atom. The molecule has 0 saturated carbocycles. The first-order chi connectivity index (χ1) is 12.2. The molecule has 3 heterocycles. The number of hydrogen-bond acceptors (Lipinski definition) is 5. The largest absolute Gasteiger partial charge is 0.440 e. The van der Waals surface area contributed by atoms with Crippen LogP contribution in [0.3, 0.4) is 0 Å². The van der Waals surface area contributed by atoms with Crippen molar-refractivity contribution < 1.29 is 13.9 Å². The van der Waals surface area contributed by atoms with E-state index in [-0.39, 0.29) is 17.2 Å². The minimum atomic E-state index is -0.390.